The molecule has 156 valence electrons. The Labute approximate surface area is 179 Å². The lowest BCUT2D eigenvalue weighted by Gasteiger charge is -2.21. The molecule has 0 aliphatic heterocycles. The van der Waals surface area contributed by atoms with E-state index in [1.165, 1.54) is 0 Å². The van der Waals surface area contributed by atoms with E-state index in [-0.39, 0.29) is 0 Å². The van der Waals surface area contributed by atoms with Gasteiger partial charge in [-0.2, -0.15) is 0 Å². The van der Waals surface area contributed by atoms with Gasteiger partial charge in [0.2, 0.25) is 0 Å². The number of benzene rings is 3. The third-order valence-electron chi connectivity index (χ3n) is 5.28. The molecule has 3 aromatic rings. The van der Waals surface area contributed by atoms with Crippen LogP contribution in [0.4, 0.5) is 0 Å². The maximum absolute atomic E-state index is 12.5. The van der Waals surface area contributed by atoms with Crippen LogP contribution in [0.1, 0.15) is 28.4 Å². The highest BCUT2D eigenvalue weighted by molar-refractivity contribution is 6.71. The van der Waals surface area contributed by atoms with Crippen LogP contribution < -0.4 is 4.74 Å². The molecule has 1 N–H and O–H groups in total. The zero-order valence-corrected chi connectivity index (χ0v) is 18.7. The van der Waals surface area contributed by atoms with E-state index in [4.69, 9.17) is 9.16 Å². The number of aliphatic hydroxyl groups is 1. The average Bonchev–Trinajstić information content (AvgIpc) is 2.78. The Morgan fingerprint density at radius 2 is 1.50 bits per heavy atom. The Morgan fingerprint density at radius 3 is 2.10 bits per heavy atom. The summed E-state index contributed by atoms with van der Waals surface area (Å²) in [6.45, 7) is 4.26. The quantitative estimate of drug-likeness (QED) is 0.282. The molecule has 3 aromatic carbocycles. The minimum Gasteiger partial charge on any atom is -0.423 e. The van der Waals surface area contributed by atoms with Crippen LogP contribution in [0.25, 0.3) is 11.1 Å². The van der Waals surface area contributed by atoms with E-state index in [0.29, 0.717) is 17.7 Å². The number of hydrogen-bond acceptors (Lipinski definition) is 4. The molecular weight excluding hydrogens is 392 g/mol. The van der Waals surface area contributed by atoms with E-state index < -0.39 is 20.4 Å². The molecule has 0 radical (unpaired) electrons. The molecule has 30 heavy (non-hydrogen) atoms. The molecule has 0 saturated carbocycles. The van der Waals surface area contributed by atoms with Gasteiger partial charge < -0.3 is 14.3 Å². The molecule has 0 aromatic heterocycles. The van der Waals surface area contributed by atoms with Crippen LogP contribution >= 0.6 is 0 Å². The van der Waals surface area contributed by atoms with Gasteiger partial charge in [0, 0.05) is 7.11 Å². The summed E-state index contributed by atoms with van der Waals surface area (Å²) in [5.41, 5.74) is 3.42. The number of carbonyl (C=O) groups excluding carboxylic acids is 1. The number of esters is 1. The number of ether oxygens (including phenoxy) is 1. The maximum atomic E-state index is 12.5. The number of aliphatic hydroxyl groups excluding tert-OH is 1. The molecule has 0 bridgehead atoms. The Morgan fingerprint density at radius 1 is 0.900 bits per heavy atom. The second-order valence-electron chi connectivity index (χ2n) is 7.92. The van der Waals surface area contributed by atoms with E-state index >= 15 is 0 Å². The molecule has 0 fully saturated rings. The van der Waals surface area contributed by atoms with Gasteiger partial charge in [-0.1, -0.05) is 54.6 Å². The fraction of sp³-hybridized carbons (Fsp3) is 0.240. The van der Waals surface area contributed by atoms with Crippen molar-refractivity contribution in [2.24, 2.45) is 0 Å². The van der Waals surface area contributed by atoms with Crippen molar-refractivity contribution in [3.63, 3.8) is 0 Å². The summed E-state index contributed by atoms with van der Waals surface area (Å²) < 4.78 is 11.0. The summed E-state index contributed by atoms with van der Waals surface area (Å²) in [7, 11) is 0.0254. The van der Waals surface area contributed by atoms with Gasteiger partial charge in [0.1, 0.15) is 5.75 Å². The molecule has 4 nitrogen and oxygen atoms in total. The summed E-state index contributed by atoms with van der Waals surface area (Å²) in [4.78, 5) is 12.5. The number of carbonyl (C=O) groups is 1. The van der Waals surface area contributed by atoms with Crippen LogP contribution in [-0.2, 0) is 4.43 Å². The van der Waals surface area contributed by atoms with E-state index in [2.05, 4.69) is 13.1 Å². The molecule has 0 aliphatic rings. The molecule has 0 saturated heterocycles. The Hall–Kier alpha value is -2.73. The number of hydrogen-bond donors (Lipinski definition) is 1. The molecule has 0 amide bonds. The van der Waals surface area contributed by atoms with E-state index in [1.807, 2.05) is 42.5 Å². The predicted molar refractivity (Wildman–Crippen MR) is 122 cm³/mol. The summed E-state index contributed by atoms with van der Waals surface area (Å²) in [6, 6.07) is 25.3. The normalized spacial score (nSPS) is 12.4. The van der Waals surface area contributed by atoms with E-state index in [0.717, 1.165) is 22.7 Å². The molecule has 0 heterocycles. The van der Waals surface area contributed by atoms with Crippen molar-refractivity contribution < 1.29 is 19.1 Å². The van der Waals surface area contributed by atoms with Crippen molar-refractivity contribution in [2.75, 3.05) is 7.11 Å². The van der Waals surface area contributed by atoms with Gasteiger partial charge in [-0.25, -0.2) is 4.79 Å². The Kier molecular flexibility index (Phi) is 7.21. The molecule has 1 unspecified atom stereocenters. The second kappa shape index (κ2) is 9.85. The lowest BCUT2D eigenvalue weighted by molar-refractivity contribution is 0.0734. The molecular formula is C25H28O4Si. The zero-order valence-electron chi connectivity index (χ0n) is 17.7. The second-order valence-corrected chi connectivity index (χ2v) is 12.3. The van der Waals surface area contributed by atoms with Crippen LogP contribution in [0.5, 0.6) is 5.75 Å². The minimum atomic E-state index is -1.71. The van der Waals surface area contributed by atoms with Crippen molar-refractivity contribution in [2.45, 2.75) is 31.7 Å². The van der Waals surface area contributed by atoms with Crippen molar-refractivity contribution in [3.8, 4) is 16.9 Å². The molecule has 1 atom stereocenters. The highest BCUT2D eigenvalue weighted by Crippen LogP contribution is 2.25. The molecule has 0 aliphatic carbocycles. The monoisotopic (exact) mass is 420 g/mol. The van der Waals surface area contributed by atoms with Gasteiger partial charge in [0.15, 0.2) is 8.32 Å². The van der Waals surface area contributed by atoms with Gasteiger partial charge in [-0.15, -0.1) is 0 Å². The van der Waals surface area contributed by atoms with E-state index in [9.17, 15) is 9.90 Å². The Balaban J connectivity index is 1.59. The number of rotatable bonds is 8. The van der Waals surface area contributed by atoms with Crippen LogP contribution in [0.15, 0.2) is 78.9 Å². The van der Waals surface area contributed by atoms with Crippen LogP contribution in [0.2, 0.25) is 19.1 Å². The van der Waals surface area contributed by atoms with Crippen molar-refractivity contribution >= 4 is 14.3 Å². The smallest absolute Gasteiger partial charge is 0.343 e. The summed E-state index contributed by atoms with van der Waals surface area (Å²) in [5.74, 6) is 0.0759. The van der Waals surface area contributed by atoms with Crippen molar-refractivity contribution in [1.29, 1.82) is 0 Å². The van der Waals surface area contributed by atoms with Gasteiger partial charge in [0.05, 0.1) is 11.7 Å². The van der Waals surface area contributed by atoms with Crippen molar-refractivity contribution in [3.05, 3.63) is 90.0 Å². The van der Waals surface area contributed by atoms with Gasteiger partial charge in [0.25, 0.3) is 0 Å². The minimum absolute atomic E-state index is 0.420. The Bertz CT molecular complexity index is 951. The fourth-order valence-corrected chi connectivity index (χ4v) is 4.28. The fourth-order valence-electron chi connectivity index (χ4n) is 3.11. The topological polar surface area (TPSA) is 55.8 Å². The lowest BCUT2D eigenvalue weighted by atomic mass is 10.1. The largest absolute Gasteiger partial charge is 0.423 e. The van der Waals surface area contributed by atoms with Crippen LogP contribution in [0.3, 0.4) is 0 Å². The molecule has 3 rings (SSSR count). The van der Waals surface area contributed by atoms with Crippen LogP contribution in [0, 0.1) is 0 Å². The first kappa shape index (κ1) is 22.0. The first-order chi connectivity index (χ1) is 14.4. The summed E-state index contributed by atoms with van der Waals surface area (Å²) in [6.07, 6.45) is 0.0764. The zero-order chi connectivity index (χ0) is 21.6. The predicted octanol–water partition coefficient (Wildman–Crippen LogP) is 5.85. The standard InChI is InChI=1S/C25H28O4Si/c1-28-30(2,3)18-17-24(26)21-9-11-22(12-10-21)25(27)29-23-15-13-20(14-16-23)19-7-5-4-6-8-19/h4-16,24,26H,17-18H2,1-3H3. The first-order valence-electron chi connectivity index (χ1n) is 10.1. The highest BCUT2D eigenvalue weighted by Gasteiger charge is 2.22. The third kappa shape index (κ3) is 5.89. The van der Waals surface area contributed by atoms with Gasteiger partial charge >= 0.3 is 5.97 Å². The van der Waals surface area contributed by atoms with Gasteiger partial charge in [-0.3, -0.25) is 0 Å². The lowest BCUT2D eigenvalue weighted by Crippen LogP contribution is -2.28. The molecule has 0 spiro atoms. The summed E-state index contributed by atoms with van der Waals surface area (Å²) >= 11 is 0. The average molecular weight is 421 g/mol. The molecule has 5 heteroatoms. The maximum Gasteiger partial charge on any atom is 0.343 e. The SMILES string of the molecule is CO[Si](C)(C)CCC(O)c1ccc(C(=O)Oc2ccc(-c3ccccc3)cc2)cc1. The van der Waals surface area contributed by atoms with Crippen LogP contribution in [-0.4, -0.2) is 26.5 Å². The third-order valence-corrected chi connectivity index (χ3v) is 7.87. The van der Waals surface area contributed by atoms with Crippen molar-refractivity contribution in [1.82, 2.24) is 0 Å². The highest BCUT2D eigenvalue weighted by atomic mass is 28.4. The summed E-state index contributed by atoms with van der Waals surface area (Å²) in [5, 5.41) is 10.4. The first-order valence-corrected chi connectivity index (χ1v) is 13.2. The van der Waals surface area contributed by atoms with Gasteiger partial charge in [-0.05, 0) is 66.5 Å². The van der Waals surface area contributed by atoms with E-state index in [1.54, 1.807) is 43.5 Å².